The molecule has 2 aromatic rings. The van der Waals surface area contributed by atoms with Crippen LogP contribution in [0.4, 0.5) is 0 Å². The maximum absolute atomic E-state index is 12.7. The number of rotatable bonds is 12. The lowest BCUT2D eigenvalue weighted by molar-refractivity contribution is -0.981. The first-order chi connectivity index (χ1) is 23.2. The molecule has 0 unspecified atom stereocenters. The molecule has 6 atom stereocenters. The molecular weight excluding hydrogens is 638 g/mol. The van der Waals surface area contributed by atoms with E-state index in [4.69, 9.17) is 9.68 Å². The molecule has 2 aromatic carbocycles. The van der Waals surface area contributed by atoms with Crippen LogP contribution in [0.3, 0.4) is 0 Å². The van der Waals surface area contributed by atoms with Crippen LogP contribution in [0.2, 0.25) is 0 Å². The van der Waals surface area contributed by atoms with Crippen molar-refractivity contribution in [1.29, 1.82) is 0 Å². The topological polar surface area (TPSA) is 154 Å². The second kappa shape index (κ2) is 12.2. The normalized spacial score (nSPS) is 28.0. The maximum atomic E-state index is 12.7. The van der Waals surface area contributed by atoms with Gasteiger partial charge in [-0.3, -0.25) is 9.59 Å². The third kappa shape index (κ3) is 5.90. The van der Waals surface area contributed by atoms with Crippen LogP contribution in [0.15, 0.2) is 24.3 Å². The van der Waals surface area contributed by atoms with Crippen LogP contribution in [0.25, 0.3) is 0 Å². The molecule has 4 N–H and O–H groups in total. The van der Waals surface area contributed by atoms with E-state index in [1.807, 2.05) is 27.7 Å². The Hall–Kier alpha value is -3.82. The first-order valence-electron chi connectivity index (χ1n) is 18.1. The molecule has 0 spiro atoms. The lowest BCUT2D eigenvalue weighted by Gasteiger charge is -2.59. The molecule has 0 aromatic heterocycles. The highest BCUT2D eigenvalue weighted by molar-refractivity contribution is 5.87. The molecule has 10 heteroatoms. The zero-order valence-corrected chi connectivity index (χ0v) is 30.7. The van der Waals surface area contributed by atoms with Gasteiger partial charge in [0.25, 0.3) is 0 Å². The molecule has 50 heavy (non-hydrogen) atoms. The number of Topliss-reactive ketones (excluding diaryl/α,β-unsaturated/α-hetero) is 2. The molecule has 6 aliphatic carbocycles. The van der Waals surface area contributed by atoms with Gasteiger partial charge in [-0.15, -0.1) is 0 Å². The molecular formula is C40H54NO9+. The van der Waals surface area contributed by atoms with Crippen LogP contribution in [0, 0.1) is 39.4 Å². The quantitative estimate of drug-likeness (QED) is 0.165. The highest BCUT2D eigenvalue weighted by Crippen LogP contribution is 2.65. The van der Waals surface area contributed by atoms with Crippen molar-refractivity contribution in [1.82, 2.24) is 0 Å². The summed E-state index contributed by atoms with van der Waals surface area (Å²) in [4.78, 5) is 48.4. The van der Waals surface area contributed by atoms with Crippen molar-refractivity contribution in [3.8, 4) is 23.0 Å². The molecule has 6 fully saturated rings. The smallest absolute Gasteiger partial charge is 0.477 e. The summed E-state index contributed by atoms with van der Waals surface area (Å²) in [7, 11) is 0. The van der Waals surface area contributed by atoms with Gasteiger partial charge in [-0.2, -0.15) is 9.68 Å². The van der Waals surface area contributed by atoms with Crippen molar-refractivity contribution in [3.05, 3.63) is 51.4 Å². The standard InChI is InChI=1S/C40H53NO9/c1-37(2,21-13-31(44)35(32(45)14-21)23-17-29(42)27-19-25(23)39(27,5)6)9-11-49-41(48)50-12-10-38(3,4)22-15-33(46)36(34(47)16-22)24-18-30(43)28-20-26(24)40(28,7)8/h13-16,23-28H,9-12,17-20H2,1-8H3,(H3-,44,45,46,47)/p+1/t23-,24-,25+,26+,27+,28+/m0/s1. The number of nitrogens with zero attached hydrogens (tertiary/aromatic N) is 1. The lowest BCUT2D eigenvalue weighted by Crippen LogP contribution is -2.56. The second-order valence-electron chi connectivity index (χ2n) is 18.0. The van der Waals surface area contributed by atoms with Gasteiger partial charge in [-0.1, -0.05) is 55.4 Å². The Labute approximate surface area is 294 Å². The largest absolute Gasteiger partial charge is 0.508 e. The summed E-state index contributed by atoms with van der Waals surface area (Å²) < 4.78 is 0. The number of fused-ring (bicyclic) bond motifs is 4. The molecule has 6 saturated carbocycles. The summed E-state index contributed by atoms with van der Waals surface area (Å²) in [6, 6.07) is 6.58. The predicted octanol–water partition coefficient (Wildman–Crippen LogP) is 7.62. The van der Waals surface area contributed by atoms with Crippen LogP contribution < -0.4 is 0 Å². The van der Waals surface area contributed by atoms with Gasteiger partial charge in [0.2, 0.25) is 0 Å². The van der Waals surface area contributed by atoms with Crippen LogP contribution in [0.1, 0.15) is 128 Å². The van der Waals surface area contributed by atoms with Gasteiger partial charge in [0.1, 0.15) is 39.5 Å². The summed E-state index contributed by atoms with van der Waals surface area (Å²) in [6.07, 6.45) is 2.99. The Morgan fingerprint density at radius 3 is 1.26 bits per heavy atom. The van der Waals surface area contributed by atoms with Crippen LogP contribution in [-0.2, 0) is 30.1 Å². The monoisotopic (exact) mass is 692 g/mol. The summed E-state index contributed by atoms with van der Waals surface area (Å²) in [5.41, 5.74) is 0.799. The number of benzene rings is 2. The Kier molecular flexibility index (Phi) is 8.75. The van der Waals surface area contributed by atoms with Crippen molar-refractivity contribution in [2.75, 3.05) is 13.2 Å². The van der Waals surface area contributed by atoms with Gasteiger partial charge < -0.3 is 20.4 Å². The average Bonchev–Trinajstić information content (AvgIpc) is 2.99. The second-order valence-corrected chi connectivity index (χ2v) is 18.0. The van der Waals surface area contributed by atoms with E-state index in [1.165, 1.54) is 0 Å². The van der Waals surface area contributed by atoms with E-state index in [1.54, 1.807) is 24.3 Å². The Bertz CT molecular complexity index is 1550. The van der Waals surface area contributed by atoms with Crippen LogP contribution in [0.5, 0.6) is 23.0 Å². The highest BCUT2D eigenvalue weighted by Gasteiger charge is 2.60. The molecule has 0 radical (unpaired) electrons. The number of hydrogen-bond acceptors (Lipinski definition) is 9. The Balaban J connectivity index is 1.01. The van der Waals surface area contributed by atoms with E-state index in [2.05, 4.69) is 27.7 Å². The van der Waals surface area contributed by atoms with Gasteiger partial charge in [0, 0.05) is 47.6 Å². The van der Waals surface area contributed by atoms with Gasteiger partial charge in [0.05, 0.1) is 0 Å². The zero-order valence-electron chi connectivity index (χ0n) is 30.7. The minimum atomic E-state index is -0.573. The van der Waals surface area contributed by atoms with Crippen molar-refractivity contribution in [2.24, 2.45) is 34.5 Å². The number of ketones is 2. The average molecular weight is 693 g/mol. The summed E-state index contributed by atoms with van der Waals surface area (Å²) in [5.74, 6) is 0.412. The van der Waals surface area contributed by atoms with Crippen molar-refractivity contribution in [3.63, 3.8) is 0 Å². The molecule has 4 bridgehead atoms. The van der Waals surface area contributed by atoms with Crippen molar-refractivity contribution >= 4 is 11.6 Å². The fraction of sp³-hybridized carbons (Fsp3) is 0.650. The number of carbonyl (C=O) groups excluding carboxylic acids is 2. The van der Waals surface area contributed by atoms with E-state index >= 15 is 0 Å². The zero-order chi connectivity index (χ0) is 36.7. The fourth-order valence-corrected chi connectivity index (χ4v) is 9.85. The van der Waals surface area contributed by atoms with E-state index < -0.39 is 10.8 Å². The van der Waals surface area contributed by atoms with Crippen LogP contribution in [-0.4, -0.2) is 50.3 Å². The van der Waals surface area contributed by atoms with Gasteiger partial charge in [-0.25, -0.2) is 0 Å². The number of aromatic hydroxyl groups is 4. The van der Waals surface area contributed by atoms with E-state index in [-0.39, 0.29) is 99.2 Å². The first-order valence-corrected chi connectivity index (χ1v) is 18.1. The number of carbonyl (C=O) groups is 2. The SMILES string of the molecule is CC(C)(CCO[N+](=O)OCCC(C)(C)c1cc(O)c([C@H]2CC(=O)[C@H]3C[C@H]2C3(C)C)c(O)c1)c1cc(O)c([C@H]2CC(=O)[C@H]3C[C@H]2C3(C)C)c(O)c1. The minimum absolute atomic E-state index is 0.0172. The van der Waals surface area contributed by atoms with Crippen LogP contribution >= 0.6 is 0 Å². The summed E-state index contributed by atoms with van der Waals surface area (Å²) >= 11 is 0. The Morgan fingerprint density at radius 1 is 0.660 bits per heavy atom. The predicted molar refractivity (Wildman–Crippen MR) is 186 cm³/mol. The van der Waals surface area contributed by atoms with Gasteiger partial charge >= 0.3 is 5.09 Å². The molecule has 10 nitrogen and oxygen atoms in total. The third-order valence-electron chi connectivity index (χ3n) is 13.7. The summed E-state index contributed by atoms with van der Waals surface area (Å²) in [5, 5.41) is 44.3. The molecule has 8 rings (SSSR count). The molecule has 6 aliphatic rings. The minimum Gasteiger partial charge on any atom is -0.508 e. The number of phenolic OH excluding ortho intramolecular Hbond substituents is 4. The summed E-state index contributed by atoms with van der Waals surface area (Å²) in [6.45, 7) is 16.1. The van der Waals surface area contributed by atoms with E-state index in [9.17, 15) is 34.9 Å². The van der Waals surface area contributed by atoms with E-state index in [0.717, 1.165) is 12.8 Å². The molecule has 272 valence electrons. The van der Waals surface area contributed by atoms with Gasteiger partial charge in [0.15, 0.2) is 13.2 Å². The molecule has 0 saturated heterocycles. The molecule has 0 heterocycles. The fourth-order valence-electron chi connectivity index (χ4n) is 9.85. The van der Waals surface area contributed by atoms with E-state index in [0.29, 0.717) is 47.9 Å². The van der Waals surface area contributed by atoms with Gasteiger partial charge in [-0.05, 0) is 94.6 Å². The number of hydrogen-bond donors (Lipinski definition) is 4. The lowest BCUT2D eigenvalue weighted by atomic mass is 9.44. The first kappa shape index (κ1) is 36.0. The third-order valence-corrected chi connectivity index (χ3v) is 13.7. The molecule has 0 amide bonds. The Morgan fingerprint density at radius 2 is 0.980 bits per heavy atom. The number of phenols is 4. The van der Waals surface area contributed by atoms with Crippen molar-refractivity contribution in [2.45, 2.75) is 117 Å². The molecule has 0 aliphatic heterocycles. The van der Waals surface area contributed by atoms with Crippen molar-refractivity contribution < 1.29 is 44.8 Å². The maximum Gasteiger partial charge on any atom is 0.477 e. The highest BCUT2D eigenvalue weighted by atomic mass is 17.0.